The zero-order valence-corrected chi connectivity index (χ0v) is 26.5. The molecule has 0 saturated heterocycles. The molecular formula is C34H42N6O6. The highest BCUT2D eigenvalue weighted by atomic mass is 16.5. The van der Waals surface area contributed by atoms with Crippen LogP contribution in [0, 0.1) is 5.92 Å². The second kappa shape index (κ2) is 18.7. The van der Waals surface area contributed by atoms with Crippen molar-refractivity contribution in [3.63, 3.8) is 0 Å². The lowest BCUT2D eigenvalue weighted by Gasteiger charge is -2.21. The van der Waals surface area contributed by atoms with Gasteiger partial charge in [-0.05, 0) is 55.3 Å². The van der Waals surface area contributed by atoms with Crippen molar-refractivity contribution >= 4 is 35.2 Å². The Bertz CT molecular complexity index is 1390. The molecule has 2 heterocycles. The highest BCUT2D eigenvalue weighted by Crippen LogP contribution is 2.12. The van der Waals surface area contributed by atoms with E-state index >= 15 is 0 Å². The molecule has 2 aromatic heterocycles. The number of methoxy groups -OCH3 is 1. The van der Waals surface area contributed by atoms with Crippen molar-refractivity contribution in [1.82, 2.24) is 25.5 Å². The van der Waals surface area contributed by atoms with Crippen LogP contribution in [0.5, 0.6) is 0 Å². The minimum atomic E-state index is -0.807. The minimum Gasteiger partial charge on any atom is -0.467 e. The highest BCUT2D eigenvalue weighted by molar-refractivity contribution is 5.92. The molecular weight excluding hydrogens is 588 g/mol. The van der Waals surface area contributed by atoms with Gasteiger partial charge in [0, 0.05) is 62.9 Å². The van der Waals surface area contributed by atoms with Crippen molar-refractivity contribution in [3.8, 4) is 0 Å². The summed E-state index contributed by atoms with van der Waals surface area (Å²) in [5.74, 6) is -2.25. The average molecular weight is 631 g/mol. The first-order chi connectivity index (χ1) is 22.1. The van der Waals surface area contributed by atoms with Crippen LogP contribution < -0.4 is 16.0 Å². The fourth-order valence-corrected chi connectivity index (χ4v) is 4.58. The van der Waals surface area contributed by atoms with E-state index in [2.05, 4.69) is 30.7 Å². The van der Waals surface area contributed by atoms with Crippen molar-refractivity contribution in [2.45, 2.75) is 58.7 Å². The van der Waals surface area contributed by atoms with Crippen LogP contribution in [0.1, 0.15) is 50.1 Å². The highest BCUT2D eigenvalue weighted by Gasteiger charge is 2.22. The van der Waals surface area contributed by atoms with E-state index in [0.717, 1.165) is 17.0 Å². The largest absolute Gasteiger partial charge is 0.467 e. The number of ether oxygens (including phenoxy) is 1. The van der Waals surface area contributed by atoms with E-state index in [9.17, 15) is 24.0 Å². The van der Waals surface area contributed by atoms with Crippen molar-refractivity contribution in [1.29, 1.82) is 0 Å². The maximum absolute atomic E-state index is 12.9. The van der Waals surface area contributed by atoms with Crippen molar-refractivity contribution < 1.29 is 28.7 Å². The van der Waals surface area contributed by atoms with E-state index in [1.807, 2.05) is 65.6 Å². The smallest absolute Gasteiger partial charge is 0.328 e. The van der Waals surface area contributed by atoms with E-state index in [0.29, 0.717) is 31.7 Å². The fourth-order valence-electron chi connectivity index (χ4n) is 4.58. The number of ketones is 1. The molecule has 0 fully saturated rings. The van der Waals surface area contributed by atoms with Crippen LogP contribution in [-0.4, -0.2) is 70.6 Å². The number of Topliss-reactive ketones (excluding diaryl/α,β-unsaturated/α-hetero) is 1. The van der Waals surface area contributed by atoms with Gasteiger partial charge in [-0.2, -0.15) is 0 Å². The van der Waals surface area contributed by atoms with Gasteiger partial charge in [-0.15, -0.1) is 0 Å². The standard InChI is InChI=1S/C34H42N6O6/c1-24(33(44)38-25(2)34(45)46-3)20-30(41)14-15-31(42)37-19-16-26-10-12-27(13-11-26)39-32(43)23-40(21-28-8-4-6-17-35-28)22-29-9-5-7-18-36-29/h4-13,17-18,24-25H,14-16,19-23H2,1-3H3,(H,37,42)(H,38,44)(H,39,43)/t24-,25+/m0/s1. The Morgan fingerprint density at radius 1 is 0.826 bits per heavy atom. The number of hydrogen-bond donors (Lipinski definition) is 3. The first-order valence-electron chi connectivity index (χ1n) is 15.2. The molecule has 0 saturated carbocycles. The van der Waals surface area contributed by atoms with E-state index in [4.69, 9.17) is 0 Å². The Labute approximate surface area is 269 Å². The summed E-state index contributed by atoms with van der Waals surface area (Å²) in [6, 6.07) is 18.0. The number of amides is 3. The lowest BCUT2D eigenvalue weighted by atomic mass is 10.0. The molecule has 12 nitrogen and oxygen atoms in total. The first kappa shape index (κ1) is 35.5. The maximum Gasteiger partial charge on any atom is 0.328 e. The number of benzene rings is 1. The third-order valence-electron chi connectivity index (χ3n) is 7.09. The fraction of sp³-hybridized carbons (Fsp3) is 0.382. The Morgan fingerprint density at radius 2 is 1.46 bits per heavy atom. The predicted octanol–water partition coefficient (Wildman–Crippen LogP) is 2.83. The van der Waals surface area contributed by atoms with Gasteiger partial charge in [0.05, 0.1) is 25.0 Å². The van der Waals surface area contributed by atoms with Gasteiger partial charge in [-0.3, -0.25) is 34.0 Å². The summed E-state index contributed by atoms with van der Waals surface area (Å²) in [6.45, 7) is 4.63. The van der Waals surface area contributed by atoms with E-state index in [-0.39, 0.29) is 43.4 Å². The monoisotopic (exact) mass is 630 g/mol. The van der Waals surface area contributed by atoms with E-state index < -0.39 is 23.8 Å². The van der Waals surface area contributed by atoms with E-state index in [1.165, 1.54) is 14.0 Å². The molecule has 0 spiro atoms. The number of carbonyl (C=O) groups is 5. The van der Waals surface area contributed by atoms with Crippen molar-refractivity contribution in [2.24, 2.45) is 5.92 Å². The number of carbonyl (C=O) groups excluding carboxylic acids is 5. The molecule has 0 aliphatic heterocycles. The average Bonchev–Trinajstić information content (AvgIpc) is 3.05. The molecule has 3 amide bonds. The van der Waals surface area contributed by atoms with Gasteiger partial charge in [0.25, 0.3) is 0 Å². The van der Waals surface area contributed by atoms with Gasteiger partial charge in [0.15, 0.2) is 0 Å². The molecule has 0 radical (unpaired) electrons. The summed E-state index contributed by atoms with van der Waals surface area (Å²) in [5, 5.41) is 8.26. The Morgan fingerprint density at radius 3 is 2.02 bits per heavy atom. The third-order valence-corrected chi connectivity index (χ3v) is 7.09. The lowest BCUT2D eigenvalue weighted by molar-refractivity contribution is -0.145. The number of anilines is 1. The summed E-state index contributed by atoms with van der Waals surface area (Å²) < 4.78 is 4.58. The van der Waals surface area contributed by atoms with Crippen molar-refractivity contribution in [3.05, 3.63) is 90.0 Å². The number of hydrogen-bond acceptors (Lipinski definition) is 9. The van der Waals surface area contributed by atoms with Crippen LogP contribution >= 0.6 is 0 Å². The van der Waals surface area contributed by atoms with Crippen LogP contribution in [0.25, 0.3) is 0 Å². The molecule has 2 atom stereocenters. The topological polar surface area (TPSA) is 160 Å². The summed E-state index contributed by atoms with van der Waals surface area (Å²) in [5.41, 5.74) is 3.35. The summed E-state index contributed by atoms with van der Waals surface area (Å²) in [4.78, 5) is 71.8. The van der Waals surface area contributed by atoms with Crippen LogP contribution in [0.3, 0.4) is 0 Å². The van der Waals surface area contributed by atoms with Crippen LogP contribution in [0.15, 0.2) is 73.1 Å². The molecule has 0 aliphatic rings. The minimum absolute atomic E-state index is 0.0194. The summed E-state index contributed by atoms with van der Waals surface area (Å²) >= 11 is 0. The van der Waals surface area contributed by atoms with Crippen LogP contribution in [0.4, 0.5) is 5.69 Å². The molecule has 1 aromatic carbocycles. The van der Waals surface area contributed by atoms with Gasteiger partial charge >= 0.3 is 5.97 Å². The Balaban J connectivity index is 1.38. The zero-order chi connectivity index (χ0) is 33.3. The number of nitrogens with zero attached hydrogens (tertiary/aromatic N) is 3. The summed E-state index contributed by atoms with van der Waals surface area (Å²) in [7, 11) is 1.23. The zero-order valence-electron chi connectivity index (χ0n) is 26.5. The van der Waals surface area contributed by atoms with Gasteiger partial charge in [-0.25, -0.2) is 4.79 Å². The van der Waals surface area contributed by atoms with Gasteiger partial charge < -0.3 is 20.7 Å². The number of esters is 1. The molecule has 0 unspecified atom stereocenters. The third kappa shape index (κ3) is 12.9. The number of aromatic nitrogens is 2. The molecule has 46 heavy (non-hydrogen) atoms. The molecule has 3 rings (SSSR count). The van der Waals surface area contributed by atoms with E-state index in [1.54, 1.807) is 19.3 Å². The number of pyridine rings is 2. The number of nitrogens with one attached hydrogen (secondary N) is 3. The molecule has 0 aliphatic carbocycles. The SMILES string of the molecule is COC(=O)[C@@H](C)NC(=O)[C@@H](C)CC(=O)CCC(=O)NCCc1ccc(NC(=O)CN(Cc2ccccn2)Cc2ccccn2)cc1. The molecule has 12 heteroatoms. The van der Waals surface area contributed by atoms with Crippen LogP contribution in [0.2, 0.25) is 0 Å². The van der Waals surface area contributed by atoms with Gasteiger partial charge in [0.2, 0.25) is 17.7 Å². The molecule has 3 N–H and O–H groups in total. The Hall–Kier alpha value is -4.97. The lowest BCUT2D eigenvalue weighted by Crippen LogP contribution is -2.42. The maximum atomic E-state index is 12.9. The summed E-state index contributed by atoms with van der Waals surface area (Å²) in [6.07, 6.45) is 4.05. The van der Waals surface area contributed by atoms with Gasteiger partial charge in [0.1, 0.15) is 11.8 Å². The predicted molar refractivity (Wildman–Crippen MR) is 172 cm³/mol. The van der Waals surface area contributed by atoms with Gasteiger partial charge in [-0.1, -0.05) is 31.2 Å². The quantitative estimate of drug-likeness (QED) is 0.180. The second-order valence-electron chi connectivity index (χ2n) is 11.0. The molecule has 3 aromatic rings. The number of rotatable bonds is 18. The molecule has 0 bridgehead atoms. The Kier molecular flexibility index (Phi) is 14.5. The first-order valence-corrected chi connectivity index (χ1v) is 15.2. The van der Waals surface area contributed by atoms with Crippen LogP contribution in [-0.2, 0) is 48.2 Å². The second-order valence-corrected chi connectivity index (χ2v) is 11.0. The molecule has 244 valence electrons. The normalized spacial score (nSPS) is 12.1. The van der Waals surface area contributed by atoms with Crippen molar-refractivity contribution in [2.75, 3.05) is 25.5 Å².